The van der Waals surface area contributed by atoms with Crippen LogP contribution in [0, 0.1) is 0 Å². The maximum absolute atomic E-state index is 5.52. The van der Waals surface area contributed by atoms with Crippen molar-refractivity contribution in [3.05, 3.63) is 0 Å². The molecule has 0 saturated carbocycles. The first-order valence-electron chi connectivity index (χ1n) is 5.40. The SMILES string of the molecule is CCC(CCCN)N1CCOCC1. The Hall–Kier alpha value is -0.120. The summed E-state index contributed by atoms with van der Waals surface area (Å²) in [6, 6.07) is 0.729. The molecule has 1 aliphatic heterocycles. The van der Waals surface area contributed by atoms with Gasteiger partial charge in [-0.15, -0.1) is 0 Å². The lowest BCUT2D eigenvalue weighted by molar-refractivity contribution is 0.0137. The van der Waals surface area contributed by atoms with Gasteiger partial charge in [-0.2, -0.15) is 0 Å². The third-order valence-electron chi connectivity index (χ3n) is 2.77. The van der Waals surface area contributed by atoms with Crippen LogP contribution in [0.2, 0.25) is 0 Å². The van der Waals surface area contributed by atoms with Crippen molar-refractivity contribution >= 4 is 0 Å². The zero-order valence-corrected chi connectivity index (χ0v) is 8.67. The van der Waals surface area contributed by atoms with Gasteiger partial charge in [-0.05, 0) is 25.8 Å². The van der Waals surface area contributed by atoms with Crippen molar-refractivity contribution in [1.82, 2.24) is 4.90 Å². The number of nitrogens with zero attached hydrogens (tertiary/aromatic N) is 1. The molecule has 1 aliphatic rings. The van der Waals surface area contributed by atoms with E-state index in [0.29, 0.717) is 0 Å². The normalized spacial score (nSPS) is 21.7. The van der Waals surface area contributed by atoms with E-state index in [0.717, 1.165) is 45.3 Å². The maximum Gasteiger partial charge on any atom is 0.0594 e. The molecular formula is C10H22N2O. The molecule has 1 saturated heterocycles. The predicted molar refractivity (Wildman–Crippen MR) is 54.8 cm³/mol. The average molecular weight is 186 g/mol. The monoisotopic (exact) mass is 186 g/mol. The molecule has 1 atom stereocenters. The molecule has 3 heteroatoms. The largest absolute Gasteiger partial charge is 0.379 e. The van der Waals surface area contributed by atoms with Crippen molar-refractivity contribution in [3.63, 3.8) is 0 Å². The van der Waals surface area contributed by atoms with Crippen LogP contribution in [-0.2, 0) is 4.74 Å². The van der Waals surface area contributed by atoms with Gasteiger partial charge in [0.05, 0.1) is 13.2 Å². The standard InChI is InChI=1S/C10H22N2O/c1-2-10(4-3-5-11)12-6-8-13-9-7-12/h10H,2-9,11H2,1H3. The molecule has 0 amide bonds. The van der Waals surface area contributed by atoms with E-state index in [4.69, 9.17) is 10.5 Å². The highest BCUT2D eigenvalue weighted by molar-refractivity contribution is 4.72. The van der Waals surface area contributed by atoms with E-state index in [2.05, 4.69) is 11.8 Å². The van der Waals surface area contributed by atoms with Gasteiger partial charge in [0.15, 0.2) is 0 Å². The van der Waals surface area contributed by atoms with E-state index in [1.54, 1.807) is 0 Å². The molecule has 0 bridgehead atoms. The number of hydrogen-bond acceptors (Lipinski definition) is 3. The number of rotatable bonds is 5. The topological polar surface area (TPSA) is 38.5 Å². The molecule has 0 aliphatic carbocycles. The molecule has 1 rings (SSSR count). The minimum atomic E-state index is 0.729. The van der Waals surface area contributed by atoms with Gasteiger partial charge < -0.3 is 10.5 Å². The minimum absolute atomic E-state index is 0.729. The Bertz CT molecular complexity index is 124. The summed E-state index contributed by atoms with van der Waals surface area (Å²) in [7, 11) is 0. The molecule has 0 aromatic rings. The molecule has 3 nitrogen and oxygen atoms in total. The van der Waals surface area contributed by atoms with Gasteiger partial charge in [-0.1, -0.05) is 6.92 Å². The molecular weight excluding hydrogens is 164 g/mol. The number of hydrogen-bond donors (Lipinski definition) is 1. The fraction of sp³-hybridized carbons (Fsp3) is 1.00. The van der Waals surface area contributed by atoms with E-state index in [1.165, 1.54) is 12.8 Å². The highest BCUT2D eigenvalue weighted by Crippen LogP contribution is 2.12. The second-order valence-corrected chi connectivity index (χ2v) is 3.64. The molecule has 0 radical (unpaired) electrons. The van der Waals surface area contributed by atoms with Crippen molar-refractivity contribution in [2.24, 2.45) is 5.73 Å². The van der Waals surface area contributed by atoms with Gasteiger partial charge in [0, 0.05) is 19.1 Å². The van der Waals surface area contributed by atoms with Crippen molar-refractivity contribution in [3.8, 4) is 0 Å². The van der Waals surface area contributed by atoms with Crippen molar-refractivity contribution in [1.29, 1.82) is 0 Å². The molecule has 2 N–H and O–H groups in total. The zero-order chi connectivity index (χ0) is 9.52. The Morgan fingerprint density at radius 1 is 1.38 bits per heavy atom. The molecule has 1 fully saturated rings. The maximum atomic E-state index is 5.52. The minimum Gasteiger partial charge on any atom is -0.379 e. The average Bonchev–Trinajstić information content (AvgIpc) is 2.21. The van der Waals surface area contributed by atoms with E-state index in [-0.39, 0.29) is 0 Å². The van der Waals surface area contributed by atoms with Gasteiger partial charge in [0.25, 0.3) is 0 Å². The zero-order valence-electron chi connectivity index (χ0n) is 8.67. The van der Waals surface area contributed by atoms with E-state index >= 15 is 0 Å². The summed E-state index contributed by atoms with van der Waals surface area (Å²) in [5.74, 6) is 0. The molecule has 78 valence electrons. The van der Waals surface area contributed by atoms with Gasteiger partial charge in [-0.3, -0.25) is 4.90 Å². The van der Waals surface area contributed by atoms with Crippen molar-refractivity contribution in [2.75, 3.05) is 32.8 Å². The highest BCUT2D eigenvalue weighted by atomic mass is 16.5. The van der Waals surface area contributed by atoms with Crippen molar-refractivity contribution < 1.29 is 4.74 Å². The first-order valence-corrected chi connectivity index (χ1v) is 5.40. The molecule has 13 heavy (non-hydrogen) atoms. The fourth-order valence-electron chi connectivity index (χ4n) is 1.94. The fourth-order valence-corrected chi connectivity index (χ4v) is 1.94. The van der Waals surface area contributed by atoms with Crippen LogP contribution in [0.4, 0.5) is 0 Å². The van der Waals surface area contributed by atoms with Gasteiger partial charge in [0.2, 0.25) is 0 Å². The molecule has 1 unspecified atom stereocenters. The van der Waals surface area contributed by atoms with Crippen LogP contribution in [0.1, 0.15) is 26.2 Å². The van der Waals surface area contributed by atoms with Gasteiger partial charge in [0.1, 0.15) is 0 Å². The third-order valence-corrected chi connectivity index (χ3v) is 2.77. The summed E-state index contributed by atoms with van der Waals surface area (Å²) >= 11 is 0. The Balaban J connectivity index is 2.26. The summed E-state index contributed by atoms with van der Waals surface area (Å²) in [6.07, 6.45) is 3.63. The lowest BCUT2D eigenvalue weighted by Crippen LogP contribution is -2.43. The quantitative estimate of drug-likeness (QED) is 0.691. The van der Waals surface area contributed by atoms with Crippen LogP contribution in [0.5, 0.6) is 0 Å². The molecule has 0 aromatic carbocycles. The van der Waals surface area contributed by atoms with Gasteiger partial charge >= 0.3 is 0 Å². The van der Waals surface area contributed by atoms with Gasteiger partial charge in [-0.25, -0.2) is 0 Å². The number of morpholine rings is 1. The third kappa shape index (κ3) is 3.63. The summed E-state index contributed by atoms with van der Waals surface area (Å²) in [4.78, 5) is 2.54. The van der Waals surface area contributed by atoms with Crippen LogP contribution in [-0.4, -0.2) is 43.8 Å². The lowest BCUT2D eigenvalue weighted by atomic mass is 10.1. The Morgan fingerprint density at radius 2 is 2.08 bits per heavy atom. The van der Waals surface area contributed by atoms with Crippen LogP contribution in [0.3, 0.4) is 0 Å². The molecule has 0 aromatic heterocycles. The van der Waals surface area contributed by atoms with Crippen LogP contribution < -0.4 is 5.73 Å². The summed E-state index contributed by atoms with van der Waals surface area (Å²) in [6.45, 7) is 7.09. The molecule has 0 spiro atoms. The number of nitrogens with two attached hydrogens (primary N) is 1. The smallest absolute Gasteiger partial charge is 0.0594 e. The predicted octanol–water partition coefficient (Wildman–Crippen LogP) is 0.836. The highest BCUT2D eigenvalue weighted by Gasteiger charge is 2.18. The van der Waals surface area contributed by atoms with E-state index < -0.39 is 0 Å². The van der Waals surface area contributed by atoms with Crippen LogP contribution in [0.15, 0.2) is 0 Å². The van der Waals surface area contributed by atoms with E-state index in [9.17, 15) is 0 Å². The Labute approximate surface area is 81.2 Å². The first-order chi connectivity index (χ1) is 6.38. The Kier molecular flexibility index (Phi) is 5.35. The second kappa shape index (κ2) is 6.35. The second-order valence-electron chi connectivity index (χ2n) is 3.64. The molecule has 1 heterocycles. The van der Waals surface area contributed by atoms with Crippen molar-refractivity contribution in [2.45, 2.75) is 32.2 Å². The summed E-state index contributed by atoms with van der Waals surface area (Å²) in [5, 5.41) is 0. The lowest BCUT2D eigenvalue weighted by Gasteiger charge is -2.34. The van der Waals surface area contributed by atoms with E-state index in [1.807, 2.05) is 0 Å². The summed E-state index contributed by atoms with van der Waals surface area (Å²) in [5.41, 5.74) is 5.52. The number of ether oxygens (including phenoxy) is 1. The van der Waals surface area contributed by atoms with Crippen LogP contribution in [0.25, 0.3) is 0 Å². The first kappa shape index (κ1) is 11.0. The Morgan fingerprint density at radius 3 is 2.62 bits per heavy atom. The summed E-state index contributed by atoms with van der Waals surface area (Å²) < 4.78 is 5.33. The van der Waals surface area contributed by atoms with Crippen LogP contribution >= 0.6 is 0 Å².